The van der Waals surface area contributed by atoms with E-state index < -0.39 is 0 Å². The molecule has 3 nitrogen and oxygen atoms in total. The molecule has 0 saturated heterocycles. The van der Waals surface area contributed by atoms with Crippen LogP contribution in [-0.4, -0.2) is 16.6 Å². The molecule has 0 spiro atoms. The predicted octanol–water partition coefficient (Wildman–Crippen LogP) is 3.42. The third-order valence-corrected chi connectivity index (χ3v) is 4.35. The number of rotatable bonds is 1. The lowest BCUT2D eigenvalue weighted by Crippen LogP contribution is -2.30. The molecule has 21 heavy (non-hydrogen) atoms. The van der Waals surface area contributed by atoms with Crippen LogP contribution in [0.3, 0.4) is 0 Å². The summed E-state index contributed by atoms with van der Waals surface area (Å²) in [7, 11) is 0. The maximum atomic E-state index is 9.73. The van der Waals surface area contributed by atoms with Crippen LogP contribution in [0.2, 0.25) is 0 Å². The first-order valence-electron chi connectivity index (χ1n) is 7.36. The summed E-state index contributed by atoms with van der Waals surface area (Å²) >= 11 is 0. The number of fused-ring (bicyclic) bond motifs is 3. The summed E-state index contributed by atoms with van der Waals surface area (Å²) in [6, 6.07) is 14.4. The van der Waals surface area contributed by atoms with Crippen molar-refractivity contribution in [3.63, 3.8) is 0 Å². The minimum Gasteiger partial charge on any atom is -0.508 e. The maximum Gasteiger partial charge on any atom is 0.116 e. The second kappa shape index (κ2) is 4.64. The number of H-pyrrole nitrogens is 1. The summed E-state index contributed by atoms with van der Waals surface area (Å²) in [4.78, 5) is 3.53. The van der Waals surface area contributed by atoms with Gasteiger partial charge in [0.2, 0.25) is 0 Å². The molecule has 0 saturated carbocycles. The smallest absolute Gasteiger partial charge is 0.116 e. The van der Waals surface area contributed by atoms with Crippen molar-refractivity contribution in [2.24, 2.45) is 0 Å². The van der Waals surface area contributed by atoms with Crippen LogP contribution in [0.25, 0.3) is 10.9 Å². The summed E-state index contributed by atoms with van der Waals surface area (Å²) in [5.74, 6) is 0.328. The molecule has 4 rings (SSSR count). The molecule has 0 bridgehead atoms. The maximum absolute atomic E-state index is 9.73. The SMILES string of the molecule is Cc1ccc(C2NCCc3c2[nH]c2ccc(O)cc32)cc1. The molecule has 3 N–H and O–H groups in total. The van der Waals surface area contributed by atoms with E-state index in [2.05, 4.69) is 41.5 Å². The first kappa shape index (κ1) is 12.5. The second-order valence-electron chi connectivity index (χ2n) is 5.79. The summed E-state index contributed by atoms with van der Waals surface area (Å²) < 4.78 is 0. The number of hydrogen-bond donors (Lipinski definition) is 3. The van der Waals surface area contributed by atoms with Crippen LogP contribution in [-0.2, 0) is 6.42 Å². The van der Waals surface area contributed by atoms with Crippen molar-refractivity contribution in [1.82, 2.24) is 10.3 Å². The molecule has 1 aliphatic heterocycles. The predicted molar refractivity (Wildman–Crippen MR) is 84.7 cm³/mol. The fraction of sp³-hybridized carbons (Fsp3) is 0.222. The van der Waals surface area contributed by atoms with E-state index in [1.165, 1.54) is 22.4 Å². The van der Waals surface area contributed by atoms with Gasteiger partial charge in [0, 0.05) is 23.1 Å². The summed E-state index contributed by atoms with van der Waals surface area (Å²) in [5.41, 5.74) is 6.20. The van der Waals surface area contributed by atoms with E-state index in [1.807, 2.05) is 12.1 Å². The van der Waals surface area contributed by atoms with Gasteiger partial charge in [-0.2, -0.15) is 0 Å². The average Bonchev–Trinajstić information content (AvgIpc) is 2.86. The number of phenols is 1. The van der Waals surface area contributed by atoms with Crippen molar-refractivity contribution in [2.45, 2.75) is 19.4 Å². The number of aromatic hydroxyl groups is 1. The fourth-order valence-electron chi connectivity index (χ4n) is 3.26. The van der Waals surface area contributed by atoms with Crippen LogP contribution < -0.4 is 5.32 Å². The molecule has 2 heterocycles. The Morgan fingerprint density at radius 1 is 1.10 bits per heavy atom. The molecule has 2 aromatic carbocycles. The van der Waals surface area contributed by atoms with Crippen LogP contribution in [0, 0.1) is 6.92 Å². The van der Waals surface area contributed by atoms with E-state index >= 15 is 0 Å². The van der Waals surface area contributed by atoms with Crippen LogP contribution in [0.4, 0.5) is 0 Å². The quantitative estimate of drug-likeness (QED) is 0.639. The highest BCUT2D eigenvalue weighted by Gasteiger charge is 2.25. The Morgan fingerprint density at radius 2 is 1.90 bits per heavy atom. The van der Waals surface area contributed by atoms with E-state index in [-0.39, 0.29) is 6.04 Å². The zero-order valence-electron chi connectivity index (χ0n) is 12.0. The Balaban J connectivity index is 1.88. The number of phenolic OH excluding ortho intramolecular Hbond substituents is 1. The van der Waals surface area contributed by atoms with Gasteiger partial charge in [-0.3, -0.25) is 0 Å². The second-order valence-corrected chi connectivity index (χ2v) is 5.79. The Bertz CT molecular complexity index is 802. The van der Waals surface area contributed by atoms with Crippen molar-refractivity contribution >= 4 is 10.9 Å². The van der Waals surface area contributed by atoms with Crippen LogP contribution >= 0.6 is 0 Å². The Labute approximate surface area is 123 Å². The first-order chi connectivity index (χ1) is 10.2. The van der Waals surface area contributed by atoms with Crippen LogP contribution in [0.1, 0.15) is 28.4 Å². The number of aromatic amines is 1. The Hall–Kier alpha value is -2.26. The zero-order valence-corrected chi connectivity index (χ0v) is 12.0. The van der Waals surface area contributed by atoms with Gasteiger partial charge in [-0.1, -0.05) is 29.8 Å². The molecular formula is C18H18N2O. The van der Waals surface area contributed by atoms with E-state index in [1.54, 1.807) is 6.07 Å². The van der Waals surface area contributed by atoms with Crippen LogP contribution in [0.5, 0.6) is 5.75 Å². The minimum absolute atomic E-state index is 0.198. The Morgan fingerprint density at radius 3 is 2.71 bits per heavy atom. The van der Waals surface area contributed by atoms with Crippen LogP contribution in [0.15, 0.2) is 42.5 Å². The normalized spacial score (nSPS) is 17.9. The van der Waals surface area contributed by atoms with Gasteiger partial charge in [0.05, 0.1) is 6.04 Å². The molecule has 1 unspecified atom stereocenters. The van der Waals surface area contributed by atoms with Gasteiger partial charge in [0.25, 0.3) is 0 Å². The molecule has 106 valence electrons. The molecule has 1 aliphatic rings. The molecule has 0 fully saturated rings. The summed E-state index contributed by atoms with van der Waals surface area (Å²) in [6.07, 6.45) is 0.987. The molecular weight excluding hydrogens is 260 g/mol. The summed E-state index contributed by atoms with van der Waals surface area (Å²) in [5, 5.41) is 14.5. The Kier molecular flexibility index (Phi) is 2.76. The van der Waals surface area contributed by atoms with Gasteiger partial charge in [-0.15, -0.1) is 0 Å². The van der Waals surface area contributed by atoms with Gasteiger partial charge in [-0.05, 0) is 42.7 Å². The van der Waals surface area contributed by atoms with Crippen molar-refractivity contribution in [3.05, 3.63) is 64.8 Å². The highest BCUT2D eigenvalue weighted by atomic mass is 16.3. The van der Waals surface area contributed by atoms with Crippen molar-refractivity contribution < 1.29 is 5.11 Å². The summed E-state index contributed by atoms with van der Waals surface area (Å²) in [6.45, 7) is 3.06. The monoisotopic (exact) mass is 278 g/mol. The number of benzene rings is 2. The molecule has 0 amide bonds. The van der Waals surface area contributed by atoms with Crippen molar-refractivity contribution in [3.8, 4) is 5.75 Å². The largest absolute Gasteiger partial charge is 0.508 e. The van der Waals surface area contributed by atoms with Gasteiger partial charge in [0.1, 0.15) is 5.75 Å². The molecule has 1 atom stereocenters. The van der Waals surface area contributed by atoms with Crippen molar-refractivity contribution in [1.29, 1.82) is 0 Å². The minimum atomic E-state index is 0.198. The van der Waals surface area contributed by atoms with Crippen molar-refractivity contribution in [2.75, 3.05) is 6.54 Å². The number of aromatic nitrogens is 1. The van der Waals surface area contributed by atoms with E-state index in [4.69, 9.17) is 0 Å². The molecule has 3 aromatic rings. The highest BCUT2D eigenvalue weighted by molar-refractivity contribution is 5.86. The third kappa shape index (κ3) is 2.01. The topological polar surface area (TPSA) is 48.0 Å². The molecule has 3 heteroatoms. The molecule has 1 aromatic heterocycles. The van der Waals surface area contributed by atoms with Gasteiger partial charge in [-0.25, -0.2) is 0 Å². The van der Waals surface area contributed by atoms with Gasteiger partial charge in [0.15, 0.2) is 0 Å². The highest BCUT2D eigenvalue weighted by Crippen LogP contribution is 2.34. The molecule has 0 aliphatic carbocycles. The third-order valence-electron chi connectivity index (χ3n) is 4.35. The number of hydrogen-bond acceptors (Lipinski definition) is 2. The zero-order chi connectivity index (χ0) is 14.4. The molecule has 0 radical (unpaired) electrons. The first-order valence-corrected chi connectivity index (χ1v) is 7.36. The lowest BCUT2D eigenvalue weighted by atomic mass is 9.94. The standard InChI is InChI=1S/C18H18N2O/c1-11-2-4-12(5-3-11)17-18-14(8-9-19-17)15-10-13(21)6-7-16(15)20-18/h2-7,10,17,19-21H,8-9H2,1H3. The van der Waals surface area contributed by atoms with Gasteiger partial charge >= 0.3 is 0 Å². The lowest BCUT2D eigenvalue weighted by Gasteiger charge is -2.25. The fourth-order valence-corrected chi connectivity index (χ4v) is 3.26. The number of nitrogens with one attached hydrogen (secondary N) is 2. The lowest BCUT2D eigenvalue weighted by molar-refractivity contribution is 0.476. The van der Waals surface area contributed by atoms with E-state index in [0.29, 0.717) is 5.75 Å². The van der Waals surface area contributed by atoms with Gasteiger partial charge < -0.3 is 15.4 Å². The number of aryl methyl sites for hydroxylation is 1. The average molecular weight is 278 g/mol. The van der Waals surface area contributed by atoms with E-state index in [0.717, 1.165) is 23.9 Å². The van der Waals surface area contributed by atoms with E-state index in [9.17, 15) is 5.11 Å².